The summed E-state index contributed by atoms with van der Waals surface area (Å²) >= 11 is 0. The SMILES string of the molecule is Cc1[nH][nH+]c(O)c1[C@@H](c1ccccc1[N+](=O)[O-])c1c([O-])[nH]c(=O)[nH]c1=O. The van der Waals surface area contributed by atoms with Crippen LogP contribution in [-0.4, -0.2) is 25.1 Å². The minimum atomic E-state index is -1.29. The largest absolute Gasteiger partial charge is 0.860 e. The van der Waals surface area contributed by atoms with Crippen molar-refractivity contribution in [2.45, 2.75) is 12.8 Å². The molecule has 11 heteroatoms. The number of rotatable bonds is 4. The van der Waals surface area contributed by atoms with Crippen molar-refractivity contribution in [3.05, 3.63) is 77.6 Å². The lowest BCUT2D eigenvalue weighted by Gasteiger charge is -2.20. The molecule has 0 spiro atoms. The number of nitrogens with one attached hydrogen (secondary N) is 4. The summed E-state index contributed by atoms with van der Waals surface area (Å²) in [4.78, 5) is 38.3. The van der Waals surface area contributed by atoms with Crippen molar-refractivity contribution in [2.75, 3.05) is 0 Å². The van der Waals surface area contributed by atoms with E-state index in [-0.39, 0.29) is 16.8 Å². The normalized spacial score (nSPS) is 12.0. The first-order chi connectivity index (χ1) is 12.3. The highest BCUT2D eigenvalue weighted by molar-refractivity contribution is 5.55. The van der Waals surface area contributed by atoms with Crippen molar-refractivity contribution in [1.29, 1.82) is 0 Å². The highest BCUT2D eigenvalue weighted by atomic mass is 16.6. The summed E-state index contributed by atoms with van der Waals surface area (Å²) in [5, 5.41) is 39.0. The summed E-state index contributed by atoms with van der Waals surface area (Å²) in [5.41, 5.74) is -2.34. The van der Waals surface area contributed by atoms with Crippen molar-refractivity contribution in [3.63, 3.8) is 0 Å². The zero-order valence-electron chi connectivity index (χ0n) is 13.3. The average Bonchev–Trinajstić information content (AvgIpc) is 2.89. The predicted octanol–water partition coefficient (Wildman–Crippen LogP) is -0.619. The van der Waals surface area contributed by atoms with E-state index in [4.69, 9.17) is 0 Å². The molecule has 134 valence electrons. The van der Waals surface area contributed by atoms with E-state index in [1.807, 2.05) is 9.97 Å². The van der Waals surface area contributed by atoms with Crippen LogP contribution in [0.3, 0.4) is 0 Å². The average molecular weight is 359 g/mol. The summed E-state index contributed by atoms with van der Waals surface area (Å²) in [5.74, 6) is -2.68. The van der Waals surface area contributed by atoms with Crippen molar-refractivity contribution >= 4 is 5.69 Å². The number of aromatic nitrogens is 4. The first kappa shape index (κ1) is 17.0. The van der Waals surface area contributed by atoms with Crippen LogP contribution in [0, 0.1) is 17.0 Å². The summed E-state index contributed by atoms with van der Waals surface area (Å²) in [6.45, 7) is 1.55. The molecule has 26 heavy (non-hydrogen) atoms. The topological polar surface area (TPSA) is 182 Å². The van der Waals surface area contributed by atoms with Crippen LogP contribution in [0.5, 0.6) is 11.8 Å². The number of aryl methyl sites for hydroxylation is 1. The number of nitrogens with zero attached hydrogens (tertiary/aromatic N) is 1. The molecule has 0 aliphatic rings. The lowest BCUT2D eigenvalue weighted by Crippen LogP contribution is -2.30. The van der Waals surface area contributed by atoms with Gasteiger partial charge in [0.1, 0.15) is 5.56 Å². The van der Waals surface area contributed by atoms with E-state index in [9.17, 15) is 29.9 Å². The fourth-order valence-corrected chi connectivity index (χ4v) is 2.91. The second kappa shape index (κ2) is 6.20. The molecule has 0 aliphatic heterocycles. The Morgan fingerprint density at radius 1 is 1.19 bits per heavy atom. The van der Waals surface area contributed by atoms with E-state index < -0.39 is 39.4 Å². The first-order valence-corrected chi connectivity index (χ1v) is 7.37. The van der Waals surface area contributed by atoms with Gasteiger partial charge in [0.05, 0.1) is 16.5 Å². The molecule has 0 saturated heterocycles. The number of benzene rings is 1. The number of aromatic hydroxyl groups is 1. The Morgan fingerprint density at radius 3 is 2.46 bits per heavy atom. The molecule has 2 aromatic heterocycles. The molecule has 1 aromatic carbocycles. The molecule has 0 bridgehead atoms. The van der Waals surface area contributed by atoms with Gasteiger partial charge in [0.2, 0.25) is 0 Å². The van der Waals surface area contributed by atoms with Gasteiger partial charge in [-0.05, 0) is 12.8 Å². The number of aromatic amines is 4. The maximum atomic E-state index is 12.3. The van der Waals surface area contributed by atoms with Crippen LogP contribution in [0.1, 0.15) is 28.3 Å². The Kier molecular flexibility index (Phi) is 4.04. The van der Waals surface area contributed by atoms with Crippen LogP contribution in [-0.2, 0) is 0 Å². The summed E-state index contributed by atoms with van der Waals surface area (Å²) < 4.78 is 0. The molecule has 11 nitrogen and oxygen atoms in total. The molecule has 2 heterocycles. The highest BCUT2D eigenvalue weighted by Crippen LogP contribution is 2.40. The molecule has 5 N–H and O–H groups in total. The quantitative estimate of drug-likeness (QED) is 0.355. The van der Waals surface area contributed by atoms with Gasteiger partial charge < -0.3 is 15.2 Å². The number of hydrogen-bond donors (Lipinski definition) is 4. The smallest absolute Gasteiger partial charge is 0.393 e. The van der Waals surface area contributed by atoms with E-state index in [1.54, 1.807) is 6.92 Å². The molecule has 1 atom stereocenters. The van der Waals surface area contributed by atoms with Crippen LogP contribution in [0.2, 0.25) is 0 Å². The van der Waals surface area contributed by atoms with E-state index >= 15 is 0 Å². The van der Waals surface area contributed by atoms with Crippen LogP contribution in [0.4, 0.5) is 5.69 Å². The summed E-state index contributed by atoms with van der Waals surface area (Å²) in [6, 6.07) is 5.53. The molecular weight excluding hydrogens is 346 g/mol. The summed E-state index contributed by atoms with van der Waals surface area (Å²) in [7, 11) is 0. The molecule has 0 radical (unpaired) electrons. The van der Waals surface area contributed by atoms with Gasteiger partial charge in [0.25, 0.3) is 11.2 Å². The molecule has 0 saturated carbocycles. The van der Waals surface area contributed by atoms with Gasteiger partial charge in [0, 0.05) is 17.2 Å². The Labute approximate surface area is 144 Å². The van der Waals surface area contributed by atoms with E-state index in [2.05, 4.69) is 10.2 Å². The van der Waals surface area contributed by atoms with Gasteiger partial charge in [-0.2, -0.15) is 5.10 Å². The van der Waals surface area contributed by atoms with Crippen LogP contribution in [0.15, 0.2) is 33.9 Å². The van der Waals surface area contributed by atoms with Crippen molar-refractivity contribution in [1.82, 2.24) is 15.1 Å². The third-order valence-corrected chi connectivity index (χ3v) is 3.99. The van der Waals surface area contributed by atoms with Gasteiger partial charge in [-0.3, -0.25) is 19.9 Å². The number of H-pyrrole nitrogens is 4. The monoisotopic (exact) mass is 359 g/mol. The fourth-order valence-electron chi connectivity index (χ4n) is 2.91. The number of nitro groups is 1. The van der Waals surface area contributed by atoms with Crippen LogP contribution in [0.25, 0.3) is 0 Å². The van der Waals surface area contributed by atoms with Gasteiger partial charge in [0.15, 0.2) is 0 Å². The van der Waals surface area contributed by atoms with Gasteiger partial charge >= 0.3 is 11.6 Å². The van der Waals surface area contributed by atoms with Crippen molar-refractivity contribution in [3.8, 4) is 11.8 Å². The minimum Gasteiger partial charge on any atom is -0.860 e. The third-order valence-electron chi connectivity index (χ3n) is 3.99. The van der Waals surface area contributed by atoms with Crippen molar-refractivity contribution < 1.29 is 20.2 Å². The zero-order chi connectivity index (χ0) is 19.0. The zero-order valence-corrected chi connectivity index (χ0v) is 13.3. The van der Waals surface area contributed by atoms with Gasteiger partial charge in [-0.25, -0.2) is 4.79 Å². The lowest BCUT2D eigenvalue weighted by atomic mass is 9.85. The van der Waals surface area contributed by atoms with Crippen LogP contribution < -0.4 is 21.5 Å². The lowest BCUT2D eigenvalue weighted by molar-refractivity contribution is -0.462. The maximum Gasteiger partial charge on any atom is 0.393 e. The Bertz CT molecular complexity index is 1090. The second-order valence-electron chi connectivity index (χ2n) is 5.54. The molecule has 0 aliphatic carbocycles. The van der Waals surface area contributed by atoms with Gasteiger partial charge in [-0.1, -0.05) is 23.3 Å². The molecular formula is C15H13N5O6. The number of hydrogen-bond acceptors (Lipinski definition) is 6. The molecule has 0 fully saturated rings. The molecule has 0 amide bonds. The van der Waals surface area contributed by atoms with Crippen LogP contribution >= 0.6 is 0 Å². The first-order valence-electron chi connectivity index (χ1n) is 7.37. The Hall–Kier alpha value is -3.89. The number of nitro benzene ring substituents is 1. The minimum absolute atomic E-state index is 0.0125. The molecule has 3 rings (SSSR count). The number of para-hydroxylation sites is 1. The Morgan fingerprint density at radius 2 is 1.88 bits per heavy atom. The Balaban J connectivity index is 2.43. The van der Waals surface area contributed by atoms with E-state index in [0.717, 1.165) is 0 Å². The molecule has 3 aromatic rings. The fraction of sp³-hybridized carbons (Fsp3) is 0.133. The highest BCUT2D eigenvalue weighted by Gasteiger charge is 2.34. The maximum absolute atomic E-state index is 12.3. The third kappa shape index (κ3) is 2.70. The van der Waals surface area contributed by atoms with Crippen molar-refractivity contribution in [2.24, 2.45) is 0 Å². The predicted molar refractivity (Wildman–Crippen MR) is 84.9 cm³/mol. The standard InChI is InChI=1S/C15H13N5O6/c1-6-9(14(23)19-18-6)10(7-4-2-3-5-8(7)20(25)26)11-12(21)16-15(24)17-13(11)22/h2-5,10H,1H3,(H2,18,19,23)(H3,16,17,21,22,24)/t10-/m1/s1. The van der Waals surface area contributed by atoms with E-state index in [0.29, 0.717) is 5.69 Å². The van der Waals surface area contributed by atoms with E-state index in [1.165, 1.54) is 24.3 Å². The second-order valence-corrected chi connectivity index (χ2v) is 5.54. The molecule has 0 unspecified atom stereocenters. The van der Waals surface area contributed by atoms with Gasteiger partial charge in [-0.15, -0.1) is 0 Å². The summed E-state index contributed by atoms with van der Waals surface area (Å²) in [6.07, 6.45) is 0.